The Morgan fingerprint density at radius 2 is 1.02 bits per heavy atom. The second-order valence-electron chi connectivity index (χ2n) is 24.2. The predicted octanol–water partition coefficient (Wildman–Crippen LogP) is 11.8. The molecule has 2 fully saturated rings. The van der Waals surface area contributed by atoms with E-state index in [1.165, 1.54) is 4.31 Å². The number of rotatable bonds is 33. The van der Waals surface area contributed by atoms with Crippen LogP contribution in [-0.4, -0.2) is 129 Å². The van der Waals surface area contributed by atoms with Crippen LogP contribution in [0.15, 0.2) is 65.6 Å². The molecule has 0 saturated carbocycles. The van der Waals surface area contributed by atoms with Crippen molar-refractivity contribution in [2.45, 2.75) is 184 Å². The van der Waals surface area contributed by atoms with Crippen LogP contribution < -0.4 is 51.2 Å². The van der Waals surface area contributed by atoms with E-state index in [2.05, 4.69) is 35.8 Å². The Bertz CT molecular complexity index is 3100. The first-order valence-corrected chi connectivity index (χ1v) is 35.8. The number of piperidine rings is 2. The number of hydrogen-bond acceptors (Lipinski definition) is 11. The van der Waals surface area contributed by atoms with Gasteiger partial charge in [0.1, 0.15) is 23.7 Å². The van der Waals surface area contributed by atoms with E-state index >= 15 is 0 Å². The van der Waals surface area contributed by atoms with E-state index < -0.39 is 21.3 Å². The number of ether oxygens (including phenoxy) is 2. The van der Waals surface area contributed by atoms with Crippen molar-refractivity contribution in [3.63, 3.8) is 0 Å². The van der Waals surface area contributed by atoms with Gasteiger partial charge in [0.15, 0.2) is 0 Å². The van der Waals surface area contributed by atoms with Gasteiger partial charge in [-0.15, -0.1) is 0 Å². The van der Waals surface area contributed by atoms with Crippen molar-refractivity contribution < 1.29 is 36.2 Å². The standard InChI is InChI=1S/C64H92Cl4N10O8S2/c1-43-33-49(21-23-59(43)85-61-53-35-45(65)37-55(67)51(53)39-57(61)76-30-17-19-47(69)41-76)78(87(81)82)32-16-10-6-5-8-12-26-72-64(80)74-28-15-14-27-73-63(79)71-25-11-7-3-4-9-13-29-75-88(83,84)50-22-24-60(44(2)34-50)86-62-54-36-46(66)38-56(68)52(54)40-58(62)77-31-18-20-48(70)42-77/h21-24,33-38,47-48,57-58,61-62,75H,3-20,25-32,39-42,69-70H2,1-2H3,(H,81,82)(H2,71,73,79)(H2,72,74,80)/t47-,48-,57+,58+,61+,62+/m1/s1. The number of nitrogens with two attached hydrogens (primary N) is 2. The number of urea groups is 2. The largest absolute Gasteiger partial charge is 0.484 e. The first kappa shape index (κ1) is 69.7. The summed E-state index contributed by atoms with van der Waals surface area (Å²) in [6, 6.07) is 17.9. The number of likely N-dealkylation sites (tertiary alicyclic amines) is 2. The summed E-state index contributed by atoms with van der Waals surface area (Å²) in [6.45, 7) is 10.2. The van der Waals surface area contributed by atoms with Crippen LogP contribution in [0, 0.1) is 13.8 Å². The van der Waals surface area contributed by atoms with Crippen molar-refractivity contribution in [1.29, 1.82) is 0 Å². The predicted molar refractivity (Wildman–Crippen MR) is 355 cm³/mol. The van der Waals surface area contributed by atoms with Gasteiger partial charge in [0.25, 0.3) is 11.3 Å². The van der Waals surface area contributed by atoms with Crippen LogP contribution in [0.1, 0.15) is 161 Å². The zero-order valence-corrected chi connectivity index (χ0v) is 55.7. The lowest BCUT2D eigenvalue weighted by Gasteiger charge is -2.38. The summed E-state index contributed by atoms with van der Waals surface area (Å²) < 4.78 is 67.2. The molecule has 0 radical (unpaired) electrons. The van der Waals surface area contributed by atoms with E-state index in [1.807, 2.05) is 44.2 Å². The molecule has 0 spiro atoms. The third-order valence-electron chi connectivity index (χ3n) is 17.5. The fraction of sp³-hybridized carbons (Fsp3) is 0.594. The van der Waals surface area contributed by atoms with E-state index in [4.69, 9.17) is 67.3 Å². The molecule has 8 rings (SSSR count). The summed E-state index contributed by atoms with van der Waals surface area (Å²) in [4.78, 5) is 29.6. The number of fused-ring (bicyclic) bond motifs is 2. The molecule has 18 nitrogen and oxygen atoms in total. The maximum absolute atomic E-state index is 13.3. The summed E-state index contributed by atoms with van der Waals surface area (Å²) in [5, 5.41) is 14.0. The van der Waals surface area contributed by atoms with E-state index in [9.17, 15) is 26.8 Å². The zero-order chi connectivity index (χ0) is 62.7. The average Bonchev–Trinajstić information content (AvgIpc) is 4.16. The number of nitrogens with zero attached hydrogens (tertiary/aromatic N) is 3. The average molecular weight is 1340 g/mol. The molecule has 4 aromatic rings. The van der Waals surface area contributed by atoms with Crippen LogP contribution in [0.2, 0.25) is 20.1 Å². The molecule has 2 aliphatic carbocycles. The second-order valence-corrected chi connectivity index (χ2v) is 28.6. The molecular formula is C64H92Cl4N10O8S2. The lowest BCUT2D eigenvalue weighted by atomic mass is 10.0. The topological polar surface area (TPSA) is 246 Å². The third-order valence-corrected chi connectivity index (χ3v) is 20.8. The molecule has 4 aliphatic rings. The molecule has 4 amide bonds. The summed E-state index contributed by atoms with van der Waals surface area (Å²) in [5.74, 6) is 1.31. The maximum atomic E-state index is 13.3. The van der Waals surface area contributed by atoms with Gasteiger partial charge >= 0.3 is 12.1 Å². The Labute approximate surface area is 544 Å². The molecule has 2 aliphatic heterocycles. The molecule has 88 heavy (non-hydrogen) atoms. The zero-order valence-electron chi connectivity index (χ0n) is 51.1. The van der Waals surface area contributed by atoms with Crippen molar-refractivity contribution in [2.75, 3.05) is 69.8 Å². The number of benzene rings is 4. The van der Waals surface area contributed by atoms with E-state index in [0.717, 1.165) is 188 Å². The summed E-state index contributed by atoms with van der Waals surface area (Å²) in [7, 11) is -3.72. The van der Waals surface area contributed by atoms with Crippen molar-refractivity contribution in [2.24, 2.45) is 11.5 Å². The molecule has 0 aromatic heterocycles. The number of aryl methyl sites for hydroxylation is 2. The number of anilines is 1. The first-order valence-electron chi connectivity index (χ1n) is 31.8. The van der Waals surface area contributed by atoms with Crippen molar-refractivity contribution in [3.8, 4) is 11.5 Å². The number of unbranched alkanes of at least 4 members (excludes halogenated alkanes) is 11. The van der Waals surface area contributed by atoms with Crippen LogP contribution in [0.3, 0.4) is 0 Å². The molecule has 486 valence electrons. The van der Waals surface area contributed by atoms with E-state index in [-0.39, 0.29) is 53.3 Å². The highest BCUT2D eigenvalue weighted by atomic mass is 35.5. The smallest absolute Gasteiger partial charge is 0.314 e. The normalized spacial score (nSPS) is 20.7. The Morgan fingerprint density at radius 3 is 1.47 bits per heavy atom. The number of carbonyl (C=O) groups is 2. The first-order chi connectivity index (χ1) is 42.3. The molecule has 2 heterocycles. The monoisotopic (exact) mass is 1330 g/mol. The van der Waals surface area contributed by atoms with Gasteiger partial charge in [-0.05, 0) is 187 Å². The third kappa shape index (κ3) is 20.2. The Hall–Kier alpha value is -4.16. The molecule has 4 aromatic carbocycles. The highest BCUT2D eigenvalue weighted by Crippen LogP contribution is 2.46. The van der Waals surface area contributed by atoms with Gasteiger partial charge < -0.3 is 42.2 Å². The molecule has 0 bridgehead atoms. The van der Waals surface area contributed by atoms with Crippen LogP contribution in [0.4, 0.5) is 15.3 Å². The number of carbonyl (C=O) groups excluding carboxylic acids is 2. The van der Waals surface area contributed by atoms with Gasteiger partial charge in [0, 0.05) is 95.7 Å². The van der Waals surface area contributed by atoms with Crippen LogP contribution >= 0.6 is 46.4 Å². The fourth-order valence-corrected chi connectivity index (χ4v) is 15.7. The lowest BCUT2D eigenvalue weighted by Crippen LogP contribution is -2.49. The highest BCUT2D eigenvalue weighted by Gasteiger charge is 2.43. The summed E-state index contributed by atoms with van der Waals surface area (Å²) >= 11 is 24.1. The molecule has 10 N–H and O–H groups in total. The number of amides is 4. The van der Waals surface area contributed by atoms with Crippen LogP contribution in [0.5, 0.6) is 11.5 Å². The molecule has 24 heteroatoms. The number of nitrogens with one attached hydrogen (secondary N) is 5. The number of sulfonamides is 1. The Balaban J connectivity index is 0.603. The van der Waals surface area contributed by atoms with Gasteiger partial charge in [-0.2, -0.15) is 0 Å². The molecule has 7 atom stereocenters. The number of hydrogen-bond donors (Lipinski definition) is 8. The van der Waals surface area contributed by atoms with Gasteiger partial charge in [-0.3, -0.25) is 18.7 Å². The minimum Gasteiger partial charge on any atom is -0.484 e. The second kappa shape index (κ2) is 34.5. The molecular weight excluding hydrogens is 1240 g/mol. The van der Waals surface area contributed by atoms with Gasteiger partial charge in [-0.1, -0.05) is 97.8 Å². The SMILES string of the molecule is Cc1cc(N(CCCCCCCCNC(=O)NCCCCNC(=O)NCCCCCCCCNS(=O)(=O)c2ccc(O[C@H]3c4cc(Cl)cc(Cl)c4C[C@@H]3N3CCC[C@@H](N)C3)c(C)c2)S(=O)O)ccc1O[C@H]1c2cc(Cl)cc(Cl)c2C[C@@H]1N1CCC[C@@H](N)C1. The Morgan fingerprint density at radius 1 is 0.602 bits per heavy atom. The van der Waals surface area contributed by atoms with Crippen molar-refractivity contribution in [3.05, 3.63) is 114 Å². The van der Waals surface area contributed by atoms with Crippen molar-refractivity contribution >= 4 is 85.4 Å². The van der Waals surface area contributed by atoms with Gasteiger partial charge in [-0.25, -0.2) is 26.9 Å². The van der Waals surface area contributed by atoms with Gasteiger partial charge in [0.2, 0.25) is 10.0 Å². The molecule has 1 unspecified atom stereocenters. The summed E-state index contributed by atoms with van der Waals surface area (Å²) in [6.07, 6.45) is 17.2. The quantitative estimate of drug-likeness (QED) is 0.0164. The minimum atomic E-state index is -3.72. The van der Waals surface area contributed by atoms with Crippen molar-refractivity contribution in [1.82, 2.24) is 35.8 Å². The van der Waals surface area contributed by atoms with Gasteiger partial charge in [0.05, 0.1) is 22.7 Å². The Kier molecular flexibility index (Phi) is 27.3. The number of halogens is 4. The minimum absolute atomic E-state index is 0.0263. The molecule has 2 saturated heterocycles. The van der Waals surface area contributed by atoms with E-state index in [1.54, 1.807) is 30.3 Å². The highest BCUT2D eigenvalue weighted by molar-refractivity contribution is 7.89. The van der Waals surface area contributed by atoms with Crippen LogP contribution in [-0.2, 0) is 34.1 Å². The maximum Gasteiger partial charge on any atom is 0.314 e. The summed E-state index contributed by atoms with van der Waals surface area (Å²) in [5.41, 5.74) is 19.0. The van der Waals surface area contributed by atoms with E-state index in [0.29, 0.717) is 76.5 Å². The van der Waals surface area contributed by atoms with Crippen LogP contribution in [0.25, 0.3) is 0 Å². The lowest BCUT2D eigenvalue weighted by molar-refractivity contribution is 0.0589. The fourth-order valence-electron chi connectivity index (χ4n) is 12.8.